The van der Waals surface area contributed by atoms with E-state index in [-0.39, 0.29) is 30.6 Å². The summed E-state index contributed by atoms with van der Waals surface area (Å²) < 4.78 is 0. The smallest absolute Gasteiger partial charge is 0.303 e. The molecule has 0 saturated heterocycles. The molecule has 7 nitrogen and oxygen atoms in total. The highest BCUT2D eigenvalue weighted by Crippen LogP contribution is 2.38. The number of benzene rings is 2. The maximum atomic E-state index is 13.1. The summed E-state index contributed by atoms with van der Waals surface area (Å²) in [5.41, 5.74) is 2.67. The van der Waals surface area contributed by atoms with Crippen LogP contribution in [0.15, 0.2) is 42.5 Å². The second kappa shape index (κ2) is 8.90. The van der Waals surface area contributed by atoms with Crippen molar-refractivity contribution in [3.8, 4) is 11.1 Å². The van der Waals surface area contributed by atoms with Gasteiger partial charge in [-0.05, 0) is 24.0 Å². The van der Waals surface area contributed by atoms with E-state index in [1.807, 2.05) is 26.0 Å². The SMILES string of the molecule is CC(C)[C@H](NC(=O)c1cccc2c1-c1ccccc1C2=O)C(=O)NCCCC(=O)O. The van der Waals surface area contributed by atoms with Crippen LogP contribution in [-0.4, -0.2) is 41.3 Å². The van der Waals surface area contributed by atoms with E-state index in [2.05, 4.69) is 10.6 Å². The predicted molar refractivity (Wildman–Crippen MR) is 111 cm³/mol. The number of aliphatic carboxylic acids is 1. The fourth-order valence-corrected chi connectivity index (χ4v) is 3.58. The first-order chi connectivity index (χ1) is 14.3. The normalized spacial score (nSPS) is 12.8. The van der Waals surface area contributed by atoms with Gasteiger partial charge in [0.2, 0.25) is 5.91 Å². The third kappa shape index (κ3) is 4.25. The first-order valence-electron chi connectivity index (χ1n) is 9.88. The van der Waals surface area contributed by atoms with E-state index in [0.717, 1.165) is 0 Å². The molecule has 0 heterocycles. The topological polar surface area (TPSA) is 113 Å². The minimum atomic E-state index is -0.925. The van der Waals surface area contributed by atoms with Crippen molar-refractivity contribution in [1.29, 1.82) is 0 Å². The quantitative estimate of drug-likeness (QED) is 0.496. The molecule has 0 spiro atoms. The maximum absolute atomic E-state index is 13.1. The van der Waals surface area contributed by atoms with Gasteiger partial charge in [-0.3, -0.25) is 19.2 Å². The second-order valence-electron chi connectivity index (χ2n) is 7.59. The van der Waals surface area contributed by atoms with Crippen LogP contribution in [0.5, 0.6) is 0 Å². The second-order valence-corrected chi connectivity index (χ2v) is 7.59. The van der Waals surface area contributed by atoms with E-state index < -0.39 is 17.9 Å². The predicted octanol–water partition coefficient (Wildman–Crippen LogP) is 2.63. The fraction of sp³-hybridized carbons (Fsp3) is 0.304. The molecule has 0 saturated carbocycles. The number of nitrogens with one attached hydrogen (secondary N) is 2. The largest absolute Gasteiger partial charge is 0.481 e. The number of carbonyl (C=O) groups is 4. The lowest BCUT2D eigenvalue weighted by Crippen LogP contribution is -2.50. The zero-order chi connectivity index (χ0) is 21.8. The molecule has 7 heteroatoms. The highest BCUT2D eigenvalue weighted by atomic mass is 16.4. The van der Waals surface area contributed by atoms with Gasteiger partial charge in [0.25, 0.3) is 5.91 Å². The van der Waals surface area contributed by atoms with Crippen LogP contribution in [0, 0.1) is 5.92 Å². The lowest BCUT2D eigenvalue weighted by Gasteiger charge is -2.22. The van der Waals surface area contributed by atoms with Crippen molar-refractivity contribution in [2.24, 2.45) is 5.92 Å². The number of fused-ring (bicyclic) bond motifs is 3. The average molecular weight is 408 g/mol. The summed E-state index contributed by atoms with van der Waals surface area (Å²) >= 11 is 0. The minimum absolute atomic E-state index is 0.0391. The fourth-order valence-electron chi connectivity index (χ4n) is 3.58. The molecule has 3 N–H and O–H groups in total. The van der Waals surface area contributed by atoms with Crippen LogP contribution in [0.3, 0.4) is 0 Å². The summed E-state index contributed by atoms with van der Waals surface area (Å²) in [6.07, 6.45) is 0.271. The van der Waals surface area contributed by atoms with Crippen molar-refractivity contribution < 1.29 is 24.3 Å². The molecule has 1 atom stereocenters. The number of hydrogen-bond acceptors (Lipinski definition) is 4. The van der Waals surface area contributed by atoms with E-state index in [9.17, 15) is 19.2 Å². The Labute approximate surface area is 174 Å². The highest BCUT2D eigenvalue weighted by Gasteiger charge is 2.32. The van der Waals surface area contributed by atoms with E-state index in [4.69, 9.17) is 5.11 Å². The molecular weight excluding hydrogens is 384 g/mol. The van der Waals surface area contributed by atoms with E-state index >= 15 is 0 Å². The van der Waals surface area contributed by atoms with Crippen LogP contribution in [0.2, 0.25) is 0 Å². The number of carbonyl (C=O) groups excluding carboxylic acids is 3. The van der Waals surface area contributed by atoms with Crippen molar-refractivity contribution in [3.63, 3.8) is 0 Å². The number of rotatable bonds is 8. The van der Waals surface area contributed by atoms with Crippen LogP contribution in [0.4, 0.5) is 0 Å². The Balaban J connectivity index is 1.80. The summed E-state index contributed by atoms with van der Waals surface area (Å²) in [7, 11) is 0. The molecule has 0 aliphatic heterocycles. The molecule has 156 valence electrons. The van der Waals surface area contributed by atoms with Gasteiger partial charge in [-0.25, -0.2) is 0 Å². The van der Waals surface area contributed by atoms with Gasteiger partial charge >= 0.3 is 5.97 Å². The van der Waals surface area contributed by atoms with Gasteiger partial charge in [0.1, 0.15) is 6.04 Å². The molecule has 30 heavy (non-hydrogen) atoms. The van der Waals surface area contributed by atoms with E-state index in [1.165, 1.54) is 0 Å². The molecular formula is C23H24N2O5. The summed E-state index contributed by atoms with van der Waals surface area (Å²) in [5.74, 6) is -2.03. The summed E-state index contributed by atoms with van der Waals surface area (Å²) in [6, 6.07) is 11.4. The van der Waals surface area contributed by atoms with Gasteiger partial charge in [0, 0.05) is 35.2 Å². The number of carboxylic acids is 1. The summed E-state index contributed by atoms with van der Waals surface area (Å²) in [4.78, 5) is 48.9. The molecule has 2 aromatic carbocycles. The molecule has 1 aliphatic rings. The Hall–Kier alpha value is -3.48. The summed E-state index contributed by atoms with van der Waals surface area (Å²) in [5, 5.41) is 14.2. The zero-order valence-corrected chi connectivity index (χ0v) is 16.9. The zero-order valence-electron chi connectivity index (χ0n) is 16.9. The monoisotopic (exact) mass is 408 g/mol. The molecule has 0 fully saturated rings. The van der Waals surface area contributed by atoms with Gasteiger partial charge in [-0.2, -0.15) is 0 Å². The average Bonchev–Trinajstić information content (AvgIpc) is 3.01. The van der Waals surface area contributed by atoms with Crippen molar-refractivity contribution in [3.05, 3.63) is 59.2 Å². The molecule has 2 amide bonds. The van der Waals surface area contributed by atoms with E-state index in [0.29, 0.717) is 34.2 Å². The minimum Gasteiger partial charge on any atom is -0.481 e. The lowest BCUT2D eigenvalue weighted by atomic mass is 9.97. The van der Waals surface area contributed by atoms with Crippen molar-refractivity contribution >= 4 is 23.6 Å². The summed E-state index contributed by atoms with van der Waals surface area (Å²) in [6.45, 7) is 3.85. The van der Waals surface area contributed by atoms with Gasteiger partial charge in [-0.1, -0.05) is 50.2 Å². The number of hydrogen-bond donors (Lipinski definition) is 3. The van der Waals surface area contributed by atoms with Gasteiger partial charge in [0.05, 0.1) is 0 Å². The Kier molecular flexibility index (Phi) is 6.30. The Morgan fingerprint density at radius 3 is 2.30 bits per heavy atom. The molecule has 0 bridgehead atoms. The standard InChI is InChI=1S/C23H24N2O5/c1-13(2)20(23(30)24-12-6-11-18(26)27)25-22(29)17-10-5-9-16-19(17)14-7-3-4-8-15(14)21(16)28/h3-5,7-10,13,20H,6,11-12H2,1-2H3,(H,24,30)(H,25,29)(H,26,27)/t20-/m0/s1. The van der Waals surface area contributed by atoms with Crippen LogP contribution < -0.4 is 10.6 Å². The molecule has 0 unspecified atom stereocenters. The third-order valence-electron chi connectivity index (χ3n) is 5.10. The Bertz CT molecular complexity index is 1010. The van der Waals surface area contributed by atoms with Gasteiger partial charge < -0.3 is 15.7 Å². The molecule has 1 aliphatic carbocycles. The van der Waals surface area contributed by atoms with Crippen LogP contribution >= 0.6 is 0 Å². The number of carboxylic acid groups (broad SMARTS) is 1. The lowest BCUT2D eigenvalue weighted by molar-refractivity contribution is -0.137. The van der Waals surface area contributed by atoms with Gasteiger partial charge in [0.15, 0.2) is 5.78 Å². The Morgan fingerprint density at radius 2 is 1.63 bits per heavy atom. The number of amides is 2. The van der Waals surface area contributed by atoms with Crippen molar-refractivity contribution in [2.45, 2.75) is 32.7 Å². The van der Waals surface area contributed by atoms with Crippen molar-refractivity contribution in [2.75, 3.05) is 6.54 Å². The van der Waals surface area contributed by atoms with Crippen LogP contribution in [-0.2, 0) is 9.59 Å². The van der Waals surface area contributed by atoms with Crippen molar-refractivity contribution in [1.82, 2.24) is 10.6 Å². The Morgan fingerprint density at radius 1 is 0.967 bits per heavy atom. The van der Waals surface area contributed by atoms with Crippen LogP contribution in [0.1, 0.15) is 53.0 Å². The molecule has 0 aromatic heterocycles. The highest BCUT2D eigenvalue weighted by molar-refractivity contribution is 6.24. The van der Waals surface area contributed by atoms with Gasteiger partial charge in [-0.15, -0.1) is 0 Å². The van der Waals surface area contributed by atoms with Crippen LogP contribution in [0.25, 0.3) is 11.1 Å². The molecule has 3 rings (SSSR count). The maximum Gasteiger partial charge on any atom is 0.303 e. The first-order valence-corrected chi connectivity index (χ1v) is 9.88. The molecule has 0 radical (unpaired) electrons. The number of ketones is 1. The molecule has 2 aromatic rings. The third-order valence-corrected chi connectivity index (χ3v) is 5.10. The first kappa shape index (κ1) is 21.2. The van der Waals surface area contributed by atoms with E-state index in [1.54, 1.807) is 30.3 Å².